The normalized spacial score (nSPS) is 11.0. The van der Waals surface area contributed by atoms with E-state index in [9.17, 15) is 4.79 Å². The highest BCUT2D eigenvalue weighted by Gasteiger charge is 2.19. The van der Waals surface area contributed by atoms with Crippen LogP contribution < -0.4 is 15.4 Å². The third kappa shape index (κ3) is 5.13. The molecule has 5 nitrogen and oxygen atoms in total. The summed E-state index contributed by atoms with van der Waals surface area (Å²) in [5.41, 5.74) is 3.84. The van der Waals surface area contributed by atoms with Crippen LogP contribution in [0.5, 0.6) is 5.75 Å². The highest BCUT2D eigenvalue weighted by molar-refractivity contribution is 6.05. The number of pyridine rings is 1. The van der Waals surface area contributed by atoms with E-state index < -0.39 is 0 Å². The molecule has 0 fully saturated rings. The van der Waals surface area contributed by atoms with E-state index in [-0.39, 0.29) is 11.3 Å². The van der Waals surface area contributed by atoms with Gasteiger partial charge in [-0.2, -0.15) is 0 Å². The summed E-state index contributed by atoms with van der Waals surface area (Å²) in [7, 11) is 0. The van der Waals surface area contributed by atoms with Gasteiger partial charge < -0.3 is 15.4 Å². The molecule has 0 aliphatic rings. The molecule has 2 aromatic carbocycles. The molecule has 1 heterocycles. The molecule has 1 amide bonds. The van der Waals surface area contributed by atoms with E-state index in [1.165, 1.54) is 0 Å². The van der Waals surface area contributed by atoms with Crippen LogP contribution in [0.25, 0.3) is 0 Å². The minimum absolute atomic E-state index is 0.0749. The molecule has 150 valence electrons. The Balaban J connectivity index is 1.81. The largest absolute Gasteiger partial charge is 0.492 e. The van der Waals surface area contributed by atoms with E-state index in [1.54, 1.807) is 18.5 Å². The standard InChI is InChI=1S/C24H27N3O2/c1-5-29-22-13-9-8-12-21(22)26-18-14-17(15-25-16-18)23(28)27-20-11-7-6-10-19(20)24(2,3)4/h6-16,26H,5H2,1-4H3,(H,27,28). The second-order valence-corrected chi connectivity index (χ2v) is 7.77. The first-order valence-corrected chi connectivity index (χ1v) is 9.73. The molecule has 3 aromatic rings. The van der Waals surface area contributed by atoms with Gasteiger partial charge in [0.25, 0.3) is 5.91 Å². The molecule has 0 unspecified atom stereocenters. The average molecular weight is 389 g/mol. The highest BCUT2D eigenvalue weighted by Crippen LogP contribution is 2.30. The van der Waals surface area contributed by atoms with Crippen LogP contribution in [0.4, 0.5) is 17.1 Å². The van der Waals surface area contributed by atoms with Crippen molar-refractivity contribution in [1.29, 1.82) is 0 Å². The number of amides is 1. The van der Waals surface area contributed by atoms with Crippen molar-refractivity contribution in [3.05, 3.63) is 78.1 Å². The topological polar surface area (TPSA) is 63.2 Å². The van der Waals surface area contributed by atoms with E-state index >= 15 is 0 Å². The van der Waals surface area contributed by atoms with E-state index in [4.69, 9.17) is 4.74 Å². The monoisotopic (exact) mass is 389 g/mol. The predicted octanol–water partition coefficient (Wildman–Crippen LogP) is 5.77. The van der Waals surface area contributed by atoms with Crippen LogP contribution in [0.3, 0.4) is 0 Å². The van der Waals surface area contributed by atoms with Crippen molar-refractivity contribution in [2.24, 2.45) is 0 Å². The molecule has 2 N–H and O–H groups in total. The second-order valence-electron chi connectivity index (χ2n) is 7.77. The van der Waals surface area contributed by atoms with E-state index in [2.05, 4.69) is 36.4 Å². The molecule has 29 heavy (non-hydrogen) atoms. The quantitative estimate of drug-likeness (QED) is 0.561. The molecule has 0 aliphatic heterocycles. The van der Waals surface area contributed by atoms with Crippen molar-refractivity contribution in [1.82, 2.24) is 4.98 Å². The van der Waals surface area contributed by atoms with Crippen LogP contribution in [0.1, 0.15) is 43.6 Å². The van der Waals surface area contributed by atoms with Gasteiger partial charge in [-0.05, 0) is 42.2 Å². The smallest absolute Gasteiger partial charge is 0.257 e. The van der Waals surface area contributed by atoms with Crippen LogP contribution in [0.15, 0.2) is 67.0 Å². The third-order valence-electron chi connectivity index (χ3n) is 4.45. The summed E-state index contributed by atoms with van der Waals surface area (Å²) >= 11 is 0. The number of nitrogens with zero attached hydrogens (tertiary/aromatic N) is 1. The van der Waals surface area contributed by atoms with Crippen LogP contribution in [-0.2, 0) is 5.41 Å². The van der Waals surface area contributed by atoms with Gasteiger partial charge >= 0.3 is 0 Å². The van der Waals surface area contributed by atoms with Crippen molar-refractivity contribution < 1.29 is 9.53 Å². The summed E-state index contributed by atoms with van der Waals surface area (Å²) in [5, 5.41) is 6.31. The molecule has 0 saturated heterocycles. The number of ether oxygens (including phenoxy) is 1. The van der Waals surface area contributed by atoms with Gasteiger partial charge in [0.1, 0.15) is 5.75 Å². The first-order chi connectivity index (χ1) is 13.9. The number of benzene rings is 2. The number of aromatic nitrogens is 1. The second kappa shape index (κ2) is 8.78. The van der Waals surface area contributed by atoms with E-state index in [0.29, 0.717) is 17.9 Å². The fourth-order valence-electron chi connectivity index (χ4n) is 3.08. The minimum atomic E-state index is -0.198. The van der Waals surface area contributed by atoms with Gasteiger partial charge in [-0.25, -0.2) is 0 Å². The van der Waals surface area contributed by atoms with Crippen molar-refractivity contribution in [2.75, 3.05) is 17.2 Å². The fraction of sp³-hybridized carbons (Fsp3) is 0.250. The highest BCUT2D eigenvalue weighted by atomic mass is 16.5. The lowest BCUT2D eigenvalue weighted by atomic mass is 9.86. The molecule has 3 rings (SSSR count). The summed E-state index contributed by atoms with van der Waals surface area (Å²) in [5.74, 6) is 0.555. The first kappa shape index (κ1) is 20.4. The number of hydrogen-bond donors (Lipinski definition) is 2. The van der Waals surface area contributed by atoms with E-state index in [1.807, 2.05) is 55.5 Å². The Morgan fingerprint density at radius 3 is 2.41 bits per heavy atom. The van der Waals surface area contributed by atoms with Crippen molar-refractivity contribution in [3.8, 4) is 5.75 Å². The number of carbonyl (C=O) groups is 1. The summed E-state index contributed by atoms with van der Waals surface area (Å²) in [6, 6.07) is 17.3. The van der Waals surface area contributed by atoms with Gasteiger partial charge in [0, 0.05) is 11.9 Å². The molecule has 0 radical (unpaired) electrons. The summed E-state index contributed by atoms with van der Waals surface area (Å²) in [4.78, 5) is 17.1. The number of anilines is 3. The van der Waals surface area contributed by atoms with Crippen LogP contribution >= 0.6 is 0 Å². The zero-order valence-electron chi connectivity index (χ0n) is 17.3. The third-order valence-corrected chi connectivity index (χ3v) is 4.45. The zero-order chi connectivity index (χ0) is 20.9. The Hall–Kier alpha value is -3.34. The fourth-order valence-corrected chi connectivity index (χ4v) is 3.08. The van der Waals surface area contributed by atoms with Gasteiger partial charge in [0.05, 0.1) is 29.7 Å². The van der Waals surface area contributed by atoms with Gasteiger partial charge in [0.15, 0.2) is 0 Å². The lowest BCUT2D eigenvalue weighted by Gasteiger charge is -2.23. The molecule has 0 bridgehead atoms. The van der Waals surface area contributed by atoms with Crippen LogP contribution in [0.2, 0.25) is 0 Å². The summed E-state index contributed by atoms with van der Waals surface area (Å²) < 4.78 is 5.65. The molecular weight excluding hydrogens is 362 g/mol. The van der Waals surface area contributed by atoms with Crippen molar-refractivity contribution >= 4 is 23.0 Å². The summed E-state index contributed by atoms with van der Waals surface area (Å²) in [6.45, 7) is 8.89. The predicted molar refractivity (Wildman–Crippen MR) is 118 cm³/mol. The average Bonchev–Trinajstić information content (AvgIpc) is 2.69. The maximum absolute atomic E-state index is 12.9. The maximum atomic E-state index is 12.9. The van der Waals surface area contributed by atoms with Gasteiger partial charge in [-0.3, -0.25) is 9.78 Å². The van der Waals surface area contributed by atoms with Crippen LogP contribution in [0, 0.1) is 0 Å². The Bertz CT molecular complexity index is 993. The Kier molecular flexibility index (Phi) is 6.17. The number of para-hydroxylation sites is 3. The van der Waals surface area contributed by atoms with E-state index in [0.717, 1.165) is 22.7 Å². The number of hydrogen-bond acceptors (Lipinski definition) is 4. The lowest BCUT2D eigenvalue weighted by Crippen LogP contribution is -2.18. The molecule has 0 aliphatic carbocycles. The SMILES string of the molecule is CCOc1ccccc1Nc1cncc(C(=O)Nc2ccccc2C(C)(C)C)c1. The number of carbonyl (C=O) groups excluding carboxylic acids is 1. The summed E-state index contributed by atoms with van der Waals surface area (Å²) in [6.07, 6.45) is 3.25. The molecule has 0 spiro atoms. The zero-order valence-corrected chi connectivity index (χ0v) is 17.3. The number of nitrogens with one attached hydrogen (secondary N) is 2. The van der Waals surface area contributed by atoms with Gasteiger partial charge in [0.2, 0.25) is 0 Å². The Morgan fingerprint density at radius 2 is 1.69 bits per heavy atom. The Labute approximate surface area is 172 Å². The van der Waals surface area contributed by atoms with Gasteiger partial charge in [-0.15, -0.1) is 0 Å². The minimum Gasteiger partial charge on any atom is -0.492 e. The first-order valence-electron chi connectivity index (χ1n) is 9.73. The lowest BCUT2D eigenvalue weighted by molar-refractivity contribution is 0.102. The Morgan fingerprint density at radius 1 is 1.00 bits per heavy atom. The maximum Gasteiger partial charge on any atom is 0.257 e. The molecule has 0 atom stereocenters. The molecular formula is C24H27N3O2. The number of rotatable bonds is 6. The van der Waals surface area contributed by atoms with Crippen LogP contribution in [-0.4, -0.2) is 17.5 Å². The molecule has 1 aromatic heterocycles. The van der Waals surface area contributed by atoms with Gasteiger partial charge in [-0.1, -0.05) is 51.1 Å². The van der Waals surface area contributed by atoms with Crippen molar-refractivity contribution in [2.45, 2.75) is 33.1 Å². The van der Waals surface area contributed by atoms with Crippen molar-refractivity contribution in [3.63, 3.8) is 0 Å². The molecule has 5 heteroatoms. The molecule has 0 saturated carbocycles.